The van der Waals surface area contributed by atoms with Crippen LogP contribution < -0.4 is 15.4 Å². The lowest BCUT2D eigenvalue weighted by Gasteiger charge is -2.31. The van der Waals surface area contributed by atoms with Crippen LogP contribution in [-0.2, 0) is 4.79 Å². The molecule has 0 radical (unpaired) electrons. The van der Waals surface area contributed by atoms with Gasteiger partial charge in [-0.2, -0.15) is 0 Å². The van der Waals surface area contributed by atoms with Gasteiger partial charge in [0.1, 0.15) is 22.9 Å². The van der Waals surface area contributed by atoms with E-state index in [-0.39, 0.29) is 11.8 Å². The molecule has 196 valence electrons. The fourth-order valence-electron chi connectivity index (χ4n) is 4.60. The smallest absolute Gasteiger partial charge is 0.270 e. The molecule has 0 bridgehead atoms. The number of aromatic nitrogens is 3. The van der Waals surface area contributed by atoms with Crippen molar-refractivity contribution >= 4 is 28.7 Å². The zero-order valence-corrected chi connectivity index (χ0v) is 21.4. The van der Waals surface area contributed by atoms with Crippen LogP contribution in [0.3, 0.4) is 0 Å². The lowest BCUT2D eigenvalue weighted by Crippen LogP contribution is -2.39. The number of rotatable bonds is 9. The van der Waals surface area contributed by atoms with Crippen LogP contribution >= 0.6 is 0 Å². The first-order valence-corrected chi connectivity index (χ1v) is 13.0. The number of anilines is 1. The molecule has 1 saturated heterocycles. The molecule has 5 rings (SSSR count). The summed E-state index contributed by atoms with van der Waals surface area (Å²) in [6.45, 7) is 4.45. The molecule has 2 aromatic carbocycles. The first kappa shape index (κ1) is 25.3. The average molecular weight is 513 g/mol. The Morgan fingerprint density at radius 2 is 1.71 bits per heavy atom. The molecule has 3 N–H and O–H groups in total. The second kappa shape index (κ2) is 11.8. The third-order valence-electron chi connectivity index (χ3n) is 6.67. The third kappa shape index (κ3) is 6.11. The molecule has 0 saturated carbocycles. The predicted octanol–water partition coefficient (Wildman–Crippen LogP) is 4.10. The maximum atomic E-state index is 13.4. The number of nitrogens with one attached hydrogen (secondary N) is 3. The summed E-state index contributed by atoms with van der Waals surface area (Å²) >= 11 is 0. The summed E-state index contributed by atoms with van der Waals surface area (Å²) in [5, 5.41) is 6.81. The Hall–Kier alpha value is -4.40. The van der Waals surface area contributed by atoms with E-state index in [1.165, 1.54) is 6.92 Å². The molecule has 1 aliphatic rings. The number of carbonyl (C=O) groups excluding carboxylic acids is 2. The predicted molar refractivity (Wildman–Crippen MR) is 147 cm³/mol. The van der Waals surface area contributed by atoms with E-state index in [9.17, 15) is 9.59 Å². The van der Waals surface area contributed by atoms with Crippen LogP contribution in [0.1, 0.15) is 30.3 Å². The number of carbonyl (C=O) groups is 2. The molecule has 2 aromatic heterocycles. The summed E-state index contributed by atoms with van der Waals surface area (Å²) in [4.78, 5) is 39.2. The van der Waals surface area contributed by atoms with E-state index in [2.05, 4.69) is 15.6 Å². The summed E-state index contributed by atoms with van der Waals surface area (Å²) in [5.74, 6) is 2.33. The quantitative estimate of drug-likeness (QED) is 0.291. The number of likely N-dealkylation sites (tertiary alicyclic amines) is 1. The van der Waals surface area contributed by atoms with Crippen LogP contribution in [0, 0.1) is 5.92 Å². The van der Waals surface area contributed by atoms with Gasteiger partial charge in [0.25, 0.3) is 5.91 Å². The van der Waals surface area contributed by atoms with Crippen molar-refractivity contribution in [2.45, 2.75) is 19.8 Å². The van der Waals surface area contributed by atoms with Crippen molar-refractivity contribution in [3.63, 3.8) is 0 Å². The minimum atomic E-state index is -0.0884. The standard InChI is InChI=1S/C29H32N6O3/c1-20(36)30-14-15-31-27-24-18-25(32-28(24)34-26(33-27)22-8-4-2-5-9-22)29(37)35-16-12-21(13-17-35)19-38-23-10-6-3-7-11-23/h2-11,18,21H,12-17,19H2,1H3,(H,30,36)(H2,31,32,33,34). The van der Waals surface area contributed by atoms with Gasteiger partial charge >= 0.3 is 0 Å². The molecule has 2 amide bonds. The van der Waals surface area contributed by atoms with Gasteiger partial charge in [0.05, 0.1) is 12.0 Å². The Balaban J connectivity index is 1.29. The highest BCUT2D eigenvalue weighted by atomic mass is 16.5. The molecule has 1 fully saturated rings. The van der Waals surface area contributed by atoms with Crippen molar-refractivity contribution in [3.05, 3.63) is 72.4 Å². The first-order chi connectivity index (χ1) is 18.6. The third-order valence-corrected chi connectivity index (χ3v) is 6.67. The number of H-pyrrole nitrogens is 1. The number of hydrogen-bond acceptors (Lipinski definition) is 6. The molecular formula is C29H32N6O3. The normalized spacial score (nSPS) is 13.9. The highest BCUT2D eigenvalue weighted by Crippen LogP contribution is 2.27. The fourth-order valence-corrected chi connectivity index (χ4v) is 4.60. The Labute approximate surface area is 221 Å². The molecule has 0 unspecified atom stereocenters. The van der Waals surface area contributed by atoms with Crippen molar-refractivity contribution in [3.8, 4) is 17.1 Å². The summed E-state index contributed by atoms with van der Waals surface area (Å²) in [6, 6.07) is 21.4. The molecular weight excluding hydrogens is 480 g/mol. The van der Waals surface area contributed by atoms with Gasteiger partial charge in [0.15, 0.2) is 5.82 Å². The summed E-state index contributed by atoms with van der Waals surface area (Å²) in [5.41, 5.74) is 1.96. The maximum absolute atomic E-state index is 13.4. The lowest BCUT2D eigenvalue weighted by molar-refractivity contribution is -0.118. The van der Waals surface area contributed by atoms with E-state index in [1.807, 2.05) is 71.6 Å². The summed E-state index contributed by atoms with van der Waals surface area (Å²) in [6.07, 6.45) is 1.79. The minimum absolute atomic E-state index is 0.0455. The number of piperidine rings is 1. The van der Waals surface area contributed by atoms with Crippen molar-refractivity contribution in [1.82, 2.24) is 25.2 Å². The van der Waals surface area contributed by atoms with Crippen molar-refractivity contribution < 1.29 is 14.3 Å². The Morgan fingerprint density at radius 3 is 2.42 bits per heavy atom. The first-order valence-electron chi connectivity index (χ1n) is 13.0. The Morgan fingerprint density at radius 1 is 1.00 bits per heavy atom. The highest BCUT2D eigenvalue weighted by Gasteiger charge is 2.26. The fraction of sp³-hybridized carbons (Fsp3) is 0.310. The molecule has 1 aliphatic heterocycles. The second-order valence-corrected chi connectivity index (χ2v) is 9.48. The number of amides is 2. The Bertz CT molecular complexity index is 1380. The largest absolute Gasteiger partial charge is 0.493 e. The number of aromatic amines is 1. The lowest BCUT2D eigenvalue weighted by atomic mass is 9.97. The van der Waals surface area contributed by atoms with Gasteiger partial charge in [-0.05, 0) is 37.0 Å². The average Bonchev–Trinajstić information content (AvgIpc) is 3.39. The number of hydrogen-bond donors (Lipinski definition) is 3. The second-order valence-electron chi connectivity index (χ2n) is 9.48. The topological polar surface area (TPSA) is 112 Å². The van der Waals surface area contributed by atoms with Gasteiger partial charge in [0.2, 0.25) is 5.91 Å². The molecule has 0 spiro atoms. The van der Waals surface area contributed by atoms with E-state index >= 15 is 0 Å². The van der Waals surface area contributed by atoms with Crippen LogP contribution in [0.2, 0.25) is 0 Å². The van der Waals surface area contributed by atoms with Gasteiger partial charge in [0, 0.05) is 38.7 Å². The molecule has 9 nitrogen and oxygen atoms in total. The van der Waals surface area contributed by atoms with Gasteiger partial charge in [-0.15, -0.1) is 0 Å². The SMILES string of the molecule is CC(=O)NCCNc1nc(-c2ccccc2)nc2[nH]c(C(=O)N3CCC(COc4ccccc4)CC3)cc12. The number of fused-ring (bicyclic) bond motifs is 1. The highest BCUT2D eigenvalue weighted by molar-refractivity contribution is 6.00. The van der Waals surface area contributed by atoms with Crippen LogP contribution in [0.15, 0.2) is 66.7 Å². The number of para-hydroxylation sites is 1. The molecule has 4 aromatic rings. The zero-order valence-electron chi connectivity index (χ0n) is 21.4. The molecule has 0 atom stereocenters. The van der Waals surface area contributed by atoms with Crippen molar-refractivity contribution in [2.24, 2.45) is 5.92 Å². The van der Waals surface area contributed by atoms with Crippen LogP contribution in [-0.4, -0.2) is 64.5 Å². The van der Waals surface area contributed by atoms with E-state index in [0.29, 0.717) is 61.7 Å². The van der Waals surface area contributed by atoms with Gasteiger partial charge in [-0.25, -0.2) is 9.97 Å². The number of nitrogens with zero attached hydrogens (tertiary/aromatic N) is 3. The van der Waals surface area contributed by atoms with E-state index in [1.54, 1.807) is 0 Å². The zero-order chi connectivity index (χ0) is 26.3. The van der Waals surface area contributed by atoms with E-state index in [0.717, 1.165) is 29.5 Å². The monoisotopic (exact) mass is 512 g/mol. The van der Waals surface area contributed by atoms with Gasteiger partial charge < -0.3 is 25.3 Å². The Kier molecular flexibility index (Phi) is 7.82. The summed E-state index contributed by atoms with van der Waals surface area (Å²) in [7, 11) is 0. The van der Waals surface area contributed by atoms with Crippen molar-refractivity contribution in [1.29, 1.82) is 0 Å². The number of ether oxygens (including phenoxy) is 1. The summed E-state index contributed by atoms with van der Waals surface area (Å²) < 4.78 is 5.92. The van der Waals surface area contributed by atoms with Gasteiger partial charge in [-0.1, -0.05) is 48.5 Å². The minimum Gasteiger partial charge on any atom is -0.493 e. The molecule has 3 heterocycles. The molecule has 0 aliphatic carbocycles. The van der Waals surface area contributed by atoms with Crippen LogP contribution in [0.25, 0.3) is 22.4 Å². The molecule has 9 heteroatoms. The van der Waals surface area contributed by atoms with E-state index < -0.39 is 0 Å². The molecule has 38 heavy (non-hydrogen) atoms. The van der Waals surface area contributed by atoms with Crippen LogP contribution in [0.5, 0.6) is 5.75 Å². The maximum Gasteiger partial charge on any atom is 0.270 e. The number of benzene rings is 2. The van der Waals surface area contributed by atoms with E-state index in [4.69, 9.17) is 14.7 Å². The van der Waals surface area contributed by atoms with Crippen LogP contribution in [0.4, 0.5) is 5.82 Å². The van der Waals surface area contributed by atoms with Gasteiger partial charge in [-0.3, -0.25) is 9.59 Å². The van der Waals surface area contributed by atoms with Crippen molar-refractivity contribution in [2.75, 3.05) is 38.1 Å².